The highest BCUT2D eigenvalue weighted by Crippen LogP contribution is 2.30. The number of benzene rings is 2. The number of amides is 1. The van der Waals surface area contributed by atoms with Gasteiger partial charge < -0.3 is 10.1 Å². The third-order valence-electron chi connectivity index (χ3n) is 5.00. The van der Waals surface area contributed by atoms with Crippen molar-refractivity contribution in [3.05, 3.63) is 87.9 Å². The summed E-state index contributed by atoms with van der Waals surface area (Å²) in [5, 5.41) is 18.2. The largest absolute Gasteiger partial charge is 0.573 e. The molecular formula is C23H13F3N6O4S. The van der Waals surface area contributed by atoms with E-state index in [1.165, 1.54) is 35.1 Å². The first kappa shape index (κ1) is 23.9. The predicted octanol–water partition coefficient (Wildman–Crippen LogP) is 5.60. The van der Waals surface area contributed by atoms with Crippen LogP contribution < -0.4 is 10.1 Å². The number of nitrogens with zero attached hydrogens (tertiary/aromatic N) is 5. The van der Waals surface area contributed by atoms with E-state index < -0.39 is 22.9 Å². The number of carbonyl (C=O) groups is 1. The number of rotatable bonds is 6. The van der Waals surface area contributed by atoms with Gasteiger partial charge in [-0.2, -0.15) is 5.10 Å². The number of carbonyl (C=O) groups excluding carboxylic acids is 1. The standard InChI is InChI=1S/C23H13F3N6O4S/c24-23(25,26)36-15-8-6-13(7-9-15)19-28-20(30-22(33)17-10-11-18(37-17)32(34)35)16-12-27-31(21(16)29-19)14-4-2-1-3-5-14/h1-12H,(H,28,29,30,33). The Kier molecular flexibility index (Phi) is 6.01. The maximum absolute atomic E-state index is 12.9. The Balaban J connectivity index is 1.58. The van der Waals surface area contributed by atoms with Crippen LogP contribution in [0.25, 0.3) is 28.1 Å². The number of halogens is 3. The Labute approximate surface area is 209 Å². The molecule has 0 aliphatic carbocycles. The summed E-state index contributed by atoms with van der Waals surface area (Å²) in [6.07, 6.45) is -3.38. The molecule has 0 radical (unpaired) electrons. The van der Waals surface area contributed by atoms with Gasteiger partial charge in [-0.25, -0.2) is 14.6 Å². The predicted molar refractivity (Wildman–Crippen MR) is 128 cm³/mol. The van der Waals surface area contributed by atoms with Gasteiger partial charge in [0.05, 0.1) is 27.1 Å². The number of hydrogen-bond acceptors (Lipinski definition) is 8. The van der Waals surface area contributed by atoms with Crippen molar-refractivity contribution in [2.45, 2.75) is 6.36 Å². The molecule has 3 aromatic heterocycles. The molecule has 0 fully saturated rings. The van der Waals surface area contributed by atoms with Gasteiger partial charge in [0.25, 0.3) is 5.91 Å². The van der Waals surface area contributed by atoms with Gasteiger partial charge in [0.1, 0.15) is 11.6 Å². The number of para-hydroxylation sites is 1. The molecule has 0 saturated heterocycles. The minimum Gasteiger partial charge on any atom is -0.406 e. The molecule has 1 N–H and O–H groups in total. The molecule has 1 amide bonds. The minimum absolute atomic E-state index is 0.0684. The first-order chi connectivity index (χ1) is 17.7. The van der Waals surface area contributed by atoms with Crippen LogP contribution in [0.4, 0.5) is 24.0 Å². The molecule has 186 valence electrons. The Morgan fingerprint density at radius 2 is 1.76 bits per heavy atom. The maximum Gasteiger partial charge on any atom is 0.573 e. The number of aromatic nitrogens is 4. The summed E-state index contributed by atoms with van der Waals surface area (Å²) in [4.78, 5) is 32.3. The van der Waals surface area contributed by atoms with Crippen molar-refractivity contribution in [2.24, 2.45) is 0 Å². The van der Waals surface area contributed by atoms with Crippen molar-refractivity contribution in [3.8, 4) is 22.8 Å². The summed E-state index contributed by atoms with van der Waals surface area (Å²) >= 11 is 0.701. The van der Waals surface area contributed by atoms with Crippen molar-refractivity contribution in [3.63, 3.8) is 0 Å². The van der Waals surface area contributed by atoms with E-state index in [0.717, 1.165) is 12.1 Å². The number of hydrogen-bond donors (Lipinski definition) is 1. The van der Waals surface area contributed by atoms with Gasteiger partial charge in [-0.15, -0.1) is 13.2 Å². The Morgan fingerprint density at radius 3 is 2.41 bits per heavy atom. The zero-order valence-electron chi connectivity index (χ0n) is 18.3. The Hall–Kier alpha value is -4.85. The molecule has 0 bridgehead atoms. The topological polar surface area (TPSA) is 125 Å². The number of anilines is 1. The lowest BCUT2D eigenvalue weighted by Gasteiger charge is -2.11. The maximum atomic E-state index is 12.9. The lowest BCUT2D eigenvalue weighted by atomic mass is 10.2. The monoisotopic (exact) mass is 526 g/mol. The molecule has 0 saturated carbocycles. The van der Waals surface area contributed by atoms with Gasteiger partial charge >= 0.3 is 11.4 Å². The van der Waals surface area contributed by atoms with Gasteiger partial charge in [0.15, 0.2) is 11.5 Å². The minimum atomic E-state index is -4.84. The molecule has 37 heavy (non-hydrogen) atoms. The van der Waals surface area contributed by atoms with E-state index in [9.17, 15) is 28.1 Å². The number of nitro groups is 1. The molecule has 3 heterocycles. The molecule has 5 rings (SSSR count). The second-order valence-electron chi connectivity index (χ2n) is 7.45. The third kappa shape index (κ3) is 5.08. The van der Waals surface area contributed by atoms with Crippen LogP contribution in [0.1, 0.15) is 9.67 Å². The van der Waals surface area contributed by atoms with Crippen LogP contribution in [0.3, 0.4) is 0 Å². The van der Waals surface area contributed by atoms with Crippen LogP contribution in [-0.2, 0) is 0 Å². The Bertz CT molecular complexity index is 1620. The van der Waals surface area contributed by atoms with Crippen molar-refractivity contribution >= 4 is 39.1 Å². The molecule has 0 spiro atoms. The fourth-order valence-corrected chi connectivity index (χ4v) is 4.13. The van der Waals surface area contributed by atoms with Crippen LogP contribution >= 0.6 is 11.3 Å². The van der Waals surface area contributed by atoms with Crippen LogP contribution in [0.5, 0.6) is 5.75 Å². The van der Waals surface area contributed by atoms with Crippen molar-refractivity contribution < 1.29 is 27.6 Å². The normalized spacial score (nSPS) is 11.4. The van der Waals surface area contributed by atoms with E-state index in [1.54, 1.807) is 24.3 Å². The number of alkyl halides is 3. The molecule has 0 aliphatic rings. The van der Waals surface area contributed by atoms with Gasteiger partial charge in [0.2, 0.25) is 0 Å². The molecule has 5 aromatic rings. The lowest BCUT2D eigenvalue weighted by molar-refractivity contribution is -0.380. The fraction of sp³-hybridized carbons (Fsp3) is 0.0435. The molecular weight excluding hydrogens is 513 g/mol. The Morgan fingerprint density at radius 1 is 1.03 bits per heavy atom. The van der Waals surface area contributed by atoms with Crippen molar-refractivity contribution in [1.29, 1.82) is 0 Å². The summed E-state index contributed by atoms with van der Waals surface area (Å²) in [5.74, 6) is -0.889. The second-order valence-corrected chi connectivity index (χ2v) is 8.51. The molecule has 2 aromatic carbocycles. The van der Waals surface area contributed by atoms with Crippen molar-refractivity contribution in [1.82, 2.24) is 19.7 Å². The lowest BCUT2D eigenvalue weighted by Crippen LogP contribution is -2.17. The fourth-order valence-electron chi connectivity index (χ4n) is 3.41. The van der Waals surface area contributed by atoms with E-state index in [4.69, 9.17) is 0 Å². The smallest absolute Gasteiger partial charge is 0.406 e. The number of ether oxygens (including phenoxy) is 1. The van der Waals surface area contributed by atoms with Gasteiger partial charge in [-0.1, -0.05) is 29.5 Å². The summed E-state index contributed by atoms with van der Waals surface area (Å²) in [6.45, 7) is 0. The highest BCUT2D eigenvalue weighted by Gasteiger charge is 2.31. The molecule has 0 atom stereocenters. The van der Waals surface area contributed by atoms with Gasteiger partial charge in [-0.05, 0) is 42.5 Å². The molecule has 0 aliphatic heterocycles. The first-order valence-electron chi connectivity index (χ1n) is 10.4. The zero-order valence-corrected chi connectivity index (χ0v) is 19.2. The van der Waals surface area contributed by atoms with E-state index >= 15 is 0 Å². The molecule has 10 nitrogen and oxygen atoms in total. The van der Waals surface area contributed by atoms with Gasteiger partial charge in [0, 0.05) is 11.6 Å². The zero-order chi connectivity index (χ0) is 26.2. The highest BCUT2D eigenvalue weighted by atomic mass is 32.1. The van der Waals surface area contributed by atoms with Gasteiger partial charge in [-0.3, -0.25) is 14.9 Å². The number of fused-ring (bicyclic) bond motifs is 1. The number of nitrogens with one attached hydrogen (secondary N) is 1. The van der Waals surface area contributed by atoms with Crippen LogP contribution in [0.2, 0.25) is 0 Å². The highest BCUT2D eigenvalue weighted by molar-refractivity contribution is 7.17. The molecule has 0 unspecified atom stereocenters. The van der Waals surface area contributed by atoms with E-state index in [0.29, 0.717) is 33.6 Å². The first-order valence-corrected chi connectivity index (χ1v) is 11.2. The third-order valence-corrected chi connectivity index (χ3v) is 6.04. The number of thiophene rings is 1. The summed E-state index contributed by atoms with van der Waals surface area (Å²) in [7, 11) is 0. The summed E-state index contributed by atoms with van der Waals surface area (Å²) in [5.41, 5.74) is 1.33. The van der Waals surface area contributed by atoms with Crippen LogP contribution in [0, 0.1) is 10.1 Å². The summed E-state index contributed by atoms with van der Waals surface area (Å²) < 4.78 is 43.0. The van der Waals surface area contributed by atoms with Crippen LogP contribution in [-0.4, -0.2) is 36.9 Å². The van der Waals surface area contributed by atoms with E-state index in [1.807, 2.05) is 6.07 Å². The molecule has 14 heteroatoms. The van der Waals surface area contributed by atoms with E-state index in [-0.39, 0.29) is 21.5 Å². The van der Waals surface area contributed by atoms with Crippen LogP contribution in [0.15, 0.2) is 72.9 Å². The average molecular weight is 526 g/mol. The average Bonchev–Trinajstić information content (AvgIpc) is 3.52. The summed E-state index contributed by atoms with van der Waals surface area (Å²) in [6, 6.07) is 16.5. The second kappa shape index (κ2) is 9.31. The SMILES string of the molecule is O=C(Nc1nc(-c2ccc(OC(F)(F)F)cc2)nc2c1cnn2-c1ccccc1)c1ccc([N+](=O)[O-])s1. The van der Waals surface area contributed by atoms with E-state index in [2.05, 4.69) is 25.1 Å². The quantitative estimate of drug-likeness (QED) is 0.225. The van der Waals surface area contributed by atoms with Crippen molar-refractivity contribution in [2.75, 3.05) is 5.32 Å².